The van der Waals surface area contributed by atoms with Crippen LogP contribution in [0.1, 0.15) is 19.8 Å². The molecule has 0 bridgehead atoms. The number of benzene rings is 1. The first-order valence-electron chi connectivity index (χ1n) is 6.29. The molecule has 1 aliphatic rings. The Morgan fingerprint density at radius 2 is 2.06 bits per heavy atom. The summed E-state index contributed by atoms with van der Waals surface area (Å²) >= 11 is 0. The number of nitrogens with one attached hydrogen (secondary N) is 1. The van der Waals surface area contributed by atoms with Crippen molar-refractivity contribution < 1.29 is 13.2 Å². The van der Waals surface area contributed by atoms with E-state index < -0.39 is 9.84 Å². The molecule has 0 amide bonds. The van der Waals surface area contributed by atoms with Crippen molar-refractivity contribution in [2.45, 2.75) is 25.8 Å². The average Bonchev–Trinajstić information content (AvgIpc) is 2.31. The number of anilines is 1. The summed E-state index contributed by atoms with van der Waals surface area (Å²) < 4.78 is 28.4. The monoisotopic (exact) mass is 269 g/mol. The lowest BCUT2D eigenvalue weighted by Gasteiger charge is -2.24. The van der Waals surface area contributed by atoms with Crippen LogP contribution in [-0.2, 0) is 9.84 Å². The van der Waals surface area contributed by atoms with Crippen LogP contribution >= 0.6 is 0 Å². The number of ether oxygens (including phenoxy) is 1. The van der Waals surface area contributed by atoms with E-state index in [1.165, 1.54) is 0 Å². The third-order valence-corrected chi connectivity index (χ3v) is 4.82. The predicted octanol–water partition coefficient (Wildman–Crippen LogP) is 2.07. The van der Waals surface area contributed by atoms with Gasteiger partial charge in [0, 0.05) is 11.7 Å². The van der Waals surface area contributed by atoms with Gasteiger partial charge < -0.3 is 10.1 Å². The van der Waals surface area contributed by atoms with Gasteiger partial charge in [-0.05, 0) is 44.0 Å². The van der Waals surface area contributed by atoms with E-state index in [2.05, 4.69) is 5.32 Å². The van der Waals surface area contributed by atoms with Crippen LogP contribution in [0.3, 0.4) is 0 Å². The van der Waals surface area contributed by atoms with E-state index in [1.807, 2.05) is 31.2 Å². The topological polar surface area (TPSA) is 55.4 Å². The largest absolute Gasteiger partial charge is 0.494 e. The molecular weight excluding hydrogens is 250 g/mol. The number of hydrogen-bond acceptors (Lipinski definition) is 4. The van der Waals surface area contributed by atoms with E-state index in [0.29, 0.717) is 12.4 Å². The summed E-state index contributed by atoms with van der Waals surface area (Å²) in [6, 6.07) is 7.66. The predicted molar refractivity (Wildman–Crippen MR) is 72.9 cm³/mol. The molecule has 5 heteroatoms. The van der Waals surface area contributed by atoms with Crippen LogP contribution in [0.25, 0.3) is 0 Å². The molecule has 1 fully saturated rings. The highest BCUT2D eigenvalue weighted by Gasteiger charge is 2.24. The van der Waals surface area contributed by atoms with Crippen LogP contribution in [0.5, 0.6) is 5.75 Å². The summed E-state index contributed by atoms with van der Waals surface area (Å²) in [4.78, 5) is 0. The van der Waals surface area contributed by atoms with Crippen molar-refractivity contribution in [3.63, 3.8) is 0 Å². The van der Waals surface area contributed by atoms with Crippen molar-refractivity contribution >= 4 is 15.5 Å². The molecule has 4 nitrogen and oxygen atoms in total. The molecule has 0 aromatic heterocycles. The van der Waals surface area contributed by atoms with Gasteiger partial charge in [0.1, 0.15) is 5.75 Å². The average molecular weight is 269 g/mol. The quantitative estimate of drug-likeness (QED) is 0.909. The smallest absolute Gasteiger partial charge is 0.152 e. The third-order valence-electron chi connectivity index (χ3n) is 3.00. The molecule has 1 heterocycles. The van der Waals surface area contributed by atoms with Gasteiger partial charge in [0.15, 0.2) is 9.84 Å². The summed E-state index contributed by atoms with van der Waals surface area (Å²) in [6.07, 6.45) is 1.66. The Labute approximate surface area is 108 Å². The van der Waals surface area contributed by atoms with E-state index in [0.717, 1.165) is 24.3 Å². The summed E-state index contributed by atoms with van der Waals surface area (Å²) in [6.45, 7) is 2.59. The van der Waals surface area contributed by atoms with Crippen molar-refractivity contribution in [1.29, 1.82) is 0 Å². The van der Waals surface area contributed by atoms with Crippen molar-refractivity contribution in [1.82, 2.24) is 0 Å². The molecule has 1 unspecified atom stereocenters. The van der Waals surface area contributed by atoms with Gasteiger partial charge in [-0.2, -0.15) is 0 Å². The van der Waals surface area contributed by atoms with Crippen LogP contribution in [0, 0.1) is 0 Å². The molecule has 1 saturated heterocycles. The number of sulfone groups is 1. The Bertz CT molecular complexity index is 481. The first-order valence-corrected chi connectivity index (χ1v) is 8.11. The highest BCUT2D eigenvalue weighted by Crippen LogP contribution is 2.20. The maximum atomic E-state index is 11.5. The van der Waals surface area contributed by atoms with Gasteiger partial charge >= 0.3 is 0 Å². The molecule has 0 aliphatic carbocycles. The van der Waals surface area contributed by atoms with Crippen molar-refractivity contribution in [2.75, 3.05) is 23.4 Å². The van der Waals surface area contributed by atoms with E-state index >= 15 is 0 Å². The second kappa shape index (κ2) is 5.61. The lowest BCUT2D eigenvalue weighted by Crippen LogP contribution is -2.34. The lowest BCUT2D eigenvalue weighted by molar-refractivity contribution is 0.340. The van der Waals surface area contributed by atoms with Crippen molar-refractivity contribution in [3.05, 3.63) is 24.3 Å². The highest BCUT2D eigenvalue weighted by atomic mass is 32.2. The van der Waals surface area contributed by atoms with Gasteiger partial charge in [0.2, 0.25) is 0 Å². The summed E-state index contributed by atoms with van der Waals surface area (Å²) in [5, 5.41) is 3.27. The van der Waals surface area contributed by atoms with E-state index in [1.54, 1.807) is 0 Å². The second-order valence-corrected chi connectivity index (χ2v) is 6.78. The fraction of sp³-hybridized carbons (Fsp3) is 0.538. The Balaban J connectivity index is 1.96. The first kappa shape index (κ1) is 13.2. The van der Waals surface area contributed by atoms with Crippen molar-refractivity contribution in [3.8, 4) is 5.75 Å². The fourth-order valence-corrected chi connectivity index (χ4v) is 3.82. The van der Waals surface area contributed by atoms with Gasteiger partial charge in [-0.1, -0.05) is 0 Å². The molecule has 1 aromatic carbocycles. The molecule has 1 atom stereocenters. The molecule has 0 radical (unpaired) electrons. The minimum atomic E-state index is -2.86. The molecule has 1 aliphatic heterocycles. The summed E-state index contributed by atoms with van der Waals surface area (Å²) in [5.41, 5.74) is 0.945. The highest BCUT2D eigenvalue weighted by molar-refractivity contribution is 7.91. The van der Waals surface area contributed by atoms with Crippen LogP contribution < -0.4 is 10.1 Å². The summed E-state index contributed by atoms with van der Waals surface area (Å²) in [5.74, 6) is 1.40. The Morgan fingerprint density at radius 3 is 2.67 bits per heavy atom. The van der Waals surface area contributed by atoms with E-state index in [-0.39, 0.29) is 11.8 Å². The molecular formula is C13H19NO3S. The van der Waals surface area contributed by atoms with Crippen LogP contribution in [-0.4, -0.2) is 32.6 Å². The SMILES string of the molecule is CCOc1ccc(NC2CCCS(=O)(=O)C2)cc1. The maximum Gasteiger partial charge on any atom is 0.152 e. The van der Waals surface area contributed by atoms with Crippen molar-refractivity contribution in [2.24, 2.45) is 0 Å². The van der Waals surface area contributed by atoms with Gasteiger partial charge in [0.05, 0.1) is 18.1 Å². The molecule has 0 spiro atoms. The summed E-state index contributed by atoms with van der Waals surface area (Å²) in [7, 11) is -2.86. The minimum absolute atomic E-state index is 0.0293. The molecule has 2 rings (SSSR count). The normalized spacial score (nSPS) is 22.4. The Kier molecular flexibility index (Phi) is 4.11. The van der Waals surface area contributed by atoms with E-state index in [4.69, 9.17) is 4.74 Å². The number of rotatable bonds is 4. The molecule has 1 N–H and O–H groups in total. The van der Waals surface area contributed by atoms with Crippen LogP contribution in [0.4, 0.5) is 5.69 Å². The Hall–Kier alpha value is -1.23. The zero-order valence-corrected chi connectivity index (χ0v) is 11.4. The standard InChI is InChI=1S/C13H19NO3S/c1-2-17-13-7-5-11(6-8-13)14-12-4-3-9-18(15,16)10-12/h5-8,12,14H,2-4,9-10H2,1H3. The molecule has 1 aromatic rings. The zero-order valence-electron chi connectivity index (χ0n) is 10.6. The van der Waals surface area contributed by atoms with Gasteiger partial charge in [-0.25, -0.2) is 8.42 Å². The zero-order chi connectivity index (χ0) is 13.0. The van der Waals surface area contributed by atoms with Crippen LogP contribution in [0.2, 0.25) is 0 Å². The van der Waals surface area contributed by atoms with Gasteiger partial charge in [-0.3, -0.25) is 0 Å². The van der Waals surface area contributed by atoms with Gasteiger partial charge in [-0.15, -0.1) is 0 Å². The minimum Gasteiger partial charge on any atom is -0.494 e. The second-order valence-electron chi connectivity index (χ2n) is 4.56. The fourth-order valence-electron chi connectivity index (χ4n) is 2.19. The molecule has 0 saturated carbocycles. The first-order chi connectivity index (χ1) is 8.59. The maximum absolute atomic E-state index is 11.5. The van der Waals surface area contributed by atoms with Crippen LogP contribution in [0.15, 0.2) is 24.3 Å². The molecule has 18 heavy (non-hydrogen) atoms. The van der Waals surface area contributed by atoms with E-state index in [9.17, 15) is 8.42 Å². The third kappa shape index (κ3) is 3.63. The number of hydrogen-bond donors (Lipinski definition) is 1. The lowest BCUT2D eigenvalue weighted by atomic mass is 10.1. The van der Waals surface area contributed by atoms with Gasteiger partial charge in [0.25, 0.3) is 0 Å². The molecule has 100 valence electrons. The Morgan fingerprint density at radius 1 is 1.33 bits per heavy atom.